The summed E-state index contributed by atoms with van der Waals surface area (Å²) in [4.78, 5) is 8.07. The van der Waals surface area contributed by atoms with Crippen LogP contribution in [-0.2, 0) is 6.54 Å². The summed E-state index contributed by atoms with van der Waals surface area (Å²) in [6.07, 6.45) is 1.77. The van der Waals surface area contributed by atoms with Crippen molar-refractivity contribution in [2.24, 2.45) is 0 Å². The Balaban J connectivity index is 2.68. The number of aromatic nitrogens is 2. The van der Waals surface area contributed by atoms with Crippen molar-refractivity contribution in [3.8, 4) is 0 Å². The van der Waals surface area contributed by atoms with Gasteiger partial charge in [0.05, 0.1) is 0 Å². The molecular formula is C10H18N4. The second-order valence-electron chi connectivity index (χ2n) is 4.44. The predicted molar refractivity (Wildman–Crippen MR) is 57.8 cm³/mol. The van der Waals surface area contributed by atoms with Gasteiger partial charge in [0.1, 0.15) is 0 Å². The molecule has 0 amide bonds. The average Bonchev–Trinajstić information content (AvgIpc) is 2.00. The molecule has 0 spiro atoms. The fraction of sp³-hybridized carbons (Fsp3) is 0.600. The second kappa shape index (κ2) is 3.92. The van der Waals surface area contributed by atoms with E-state index in [4.69, 9.17) is 5.73 Å². The van der Waals surface area contributed by atoms with E-state index >= 15 is 0 Å². The summed E-state index contributed by atoms with van der Waals surface area (Å²) in [5.74, 6) is 0.335. The summed E-state index contributed by atoms with van der Waals surface area (Å²) in [5, 5.41) is 3.38. The maximum absolute atomic E-state index is 5.47. The lowest BCUT2D eigenvalue weighted by molar-refractivity contribution is 0.423. The van der Waals surface area contributed by atoms with E-state index in [0.717, 1.165) is 17.8 Å². The zero-order chi connectivity index (χ0) is 10.8. The van der Waals surface area contributed by atoms with Gasteiger partial charge in [-0.05, 0) is 27.7 Å². The topological polar surface area (TPSA) is 63.8 Å². The largest absolute Gasteiger partial charge is 0.368 e. The first-order valence-electron chi connectivity index (χ1n) is 4.71. The fourth-order valence-corrected chi connectivity index (χ4v) is 1.04. The van der Waals surface area contributed by atoms with Gasteiger partial charge in [-0.15, -0.1) is 0 Å². The molecule has 0 bridgehead atoms. The monoisotopic (exact) mass is 194 g/mol. The Kier molecular flexibility index (Phi) is 3.06. The Morgan fingerprint density at radius 2 is 2.07 bits per heavy atom. The van der Waals surface area contributed by atoms with Gasteiger partial charge in [-0.2, -0.15) is 0 Å². The number of nitrogen functional groups attached to an aromatic ring is 1. The van der Waals surface area contributed by atoms with Crippen LogP contribution in [0.25, 0.3) is 0 Å². The maximum Gasteiger partial charge on any atom is 0.220 e. The molecule has 0 aliphatic rings. The van der Waals surface area contributed by atoms with Crippen LogP contribution in [0.3, 0.4) is 0 Å². The maximum atomic E-state index is 5.47. The fourth-order valence-electron chi connectivity index (χ4n) is 1.04. The predicted octanol–water partition coefficient (Wildman–Crippen LogP) is 1.26. The van der Waals surface area contributed by atoms with Crippen LogP contribution in [0.2, 0.25) is 0 Å². The first-order valence-corrected chi connectivity index (χ1v) is 4.71. The molecule has 0 radical (unpaired) electrons. The third-order valence-corrected chi connectivity index (χ3v) is 1.91. The third-order valence-electron chi connectivity index (χ3n) is 1.91. The van der Waals surface area contributed by atoms with E-state index < -0.39 is 0 Å². The summed E-state index contributed by atoms with van der Waals surface area (Å²) in [7, 11) is 0. The zero-order valence-corrected chi connectivity index (χ0v) is 9.26. The van der Waals surface area contributed by atoms with Gasteiger partial charge < -0.3 is 11.1 Å². The Morgan fingerprint density at radius 3 is 2.57 bits per heavy atom. The molecule has 3 N–H and O–H groups in total. The van der Waals surface area contributed by atoms with E-state index in [0.29, 0.717) is 5.95 Å². The molecule has 0 saturated heterocycles. The van der Waals surface area contributed by atoms with Crippen LogP contribution < -0.4 is 11.1 Å². The van der Waals surface area contributed by atoms with Crippen molar-refractivity contribution in [1.29, 1.82) is 0 Å². The highest BCUT2D eigenvalue weighted by atomic mass is 15.0. The number of aryl methyl sites for hydroxylation is 1. The first kappa shape index (κ1) is 10.9. The molecule has 0 aliphatic carbocycles. The quantitative estimate of drug-likeness (QED) is 0.744. The van der Waals surface area contributed by atoms with Crippen LogP contribution in [-0.4, -0.2) is 15.5 Å². The molecule has 0 atom stereocenters. The lowest BCUT2D eigenvalue weighted by Gasteiger charge is -2.20. The Hall–Kier alpha value is -1.16. The van der Waals surface area contributed by atoms with Gasteiger partial charge in [-0.25, -0.2) is 9.97 Å². The number of hydrogen-bond acceptors (Lipinski definition) is 4. The normalized spacial score (nSPS) is 11.7. The molecule has 4 heteroatoms. The molecule has 4 nitrogen and oxygen atoms in total. The molecule has 1 rings (SSSR count). The number of rotatable bonds is 2. The molecule has 0 aromatic carbocycles. The number of nitrogens with zero attached hydrogens (tertiary/aromatic N) is 2. The zero-order valence-electron chi connectivity index (χ0n) is 9.26. The molecule has 78 valence electrons. The van der Waals surface area contributed by atoms with Crippen molar-refractivity contribution in [3.05, 3.63) is 17.5 Å². The van der Waals surface area contributed by atoms with Crippen molar-refractivity contribution in [3.63, 3.8) is 0 Å². The summed E-state index contributed by atoms with van der Waals surface area (Å²) >= 11 is 0. The number of anilines is 1. The van der Waals surface area contributed by atoms with Crippen LogP contribution in [0, 0.1) is 6.92 Å². The molecule has 14 heavy (non-hydrogen) atoms. The molecule has 1 aromatic rings. The second-order valence-corrected chi connectivity index (χ2v) is 4.44. The third kappa shape index (κ3) is 3.30. The number of hydrogen-bond donors (Lipinski definition) is 2. The van der Waals surface area contributed by atoms with Crippen LogP contribution in [0.15, 0.2) is 6.20 Å². The minimum absolute atomic E-state index is 0.105. The van der Waals surface area contributed by atoms with Crippen molar-refractivity contribution in [2.75, 3.05) is 5.73 Å². The Bertz CT molecular complexity index is 314. The summed E-state index contributed by atoms with van der Waals surface area (Å²) < 4.78 is 0. The Morgan fingerprint density at radius 1 is 1.43 bits per heavy atom. The Labute approximate surface area is 85.0 Å². The highest BCUT2D eigenvalue weighted by Crippen LogP contribution is 2.07. The smallest absolute Gasteiger partial charge is 0.220 e. The molecule has 0 fully saturated rings. The van der Waals surface area contributed by atoms with Gasteiger partial charge >= 0.3 is 0 Å². The SMILES string of the molecule is Cc1nc(N)ncc1CNC(C)(C)C. The first-order chi connectivity index (χ1) is 6.38. The van der Waals surface area contributed by atoms with Gasteiger partial charge in [-0.3, -0.25) is 0 Å². The summed E-state index contributed by atoms with van der Waals surface area (Å²) in [5.41, 5.74) is 7.60. The van der Waals surface area contributed by atoms with E-state index in [1.54, 1.807) is 6.20 Å². The van der Waals surface area contributed by atoms with Gasteiger partial charge in [0.15, 0.2) is 0 Å². The van der Waals surface area contributed by atoms with Gasteiger partial charge in [0.25, 0.3) is 0 Å². The van der Waals surface area contributed by atoms with Crippen LogP contribution in [0.5, 0.6) is 0 Å². The van der Waals surface area contributed by atoms with Gasteiger partial charge in [0.2, 0.25) is 5.95 Å². The lowest BCUT2D eigenvalue weighted by atomic mass is 10.1. The molecule has 1 heterocycles. The van der Waals surface area contributed by atoms with Gasteiger partial charge in [0, 0.05) is 29.5 Å². The van der Waals surface area contributed by atoms with Crippen molar-refractivity contribution < 1.29 is 0 Å². The van der Waals surface area contributed by atoms with Crippen LogP contribution >= 0.6 is 0 Å². The molecule has 0 saturated carbocycles. The van der Waals surface area contributed by atoms with Gasteiger partial charge in [-0.1, -0.05) is 0 Å². The standard InChI is InChI=1S/C10H18N4/c1-7-8(5-12-9(11)14-7)6-13-10(2,3)4/h5,13H,6H2,1-4H3,(H2,11,12,14). The number of nitrogens with two attached hydrogens (primary N) is 1. The number of nitrogens with one attached hydrogen (secondary N) is 1. The lowest BCUT2D eigenvalue weighted by Crippen LogP contribution is -2.35. The van der Waals surface area contributed by atoms with Crippen molar-refractivity contribution in [1.82, 2.24) is 15.3 Å². The average molecular weight is 194 g/mol. The molecule has 0 aliphatic heterocycles. The van der Waals surface area contributed by atoms with E-state index in [-0.39, 0.29) is 5.54 Å². The molecular weight excluding hydrogens is 176 g/mol. The minimum Gasteiger partial charge on any atom is -0.368 e. The highest BCUT2D eigenvalue weighted by Gasteiger charge is 2.09. The summed E-state index contributed by atoms with van der Waals surface area (Å²) in [6, 6.07) is 0. The van der Waals surface area contributed by atoms with E-state index in [2.05, 4.69) is 36.1 Å². The van der Waals surface area contributed by atoms with Crippen molar-refractivity contribution >= 4 is 5.95 Å². The molecule has 1 aromatic heterocycles. The van der Waals surface area contributed by atoms with E-state index in [1.807, 2.05) is 6.92 Å². The molecule has 0 unspecified atom stereocenters. The van der Waals surface area contributed by atoms with Crippen LogP contribution in [0.1, 0.15) is 32.0 Å². The van der Waals surface area contributed by atoms with Crippen LogP contribution in [0.4, 0.5) is 5.95 Å². The van der Waals surface area contributed by atoms with E-state index in [9.17, 15) is 0 Å². The highest BCUT2D eigenvalue weighted by molar-refractivity contribution is 5.24. The minimum atomic E-state index is 0.105. The van der Waals surface area contributed by atoms with E-state index in [1.165, 1.54) is 0 Å². The van der Waals surface area contributed by atoms with Crippen molar-refractivity contribution in [2.45, 2.75) is 39.8 Å². The summed E-state index contributed by atoms with van der Waals surface area (Å²) in [6.45, 7) is 9.09.